The second-order valence-corrected chi connectivity index (χ2v) is 3.01. The molecule has 0 spiro atoms. The molecule has 0 saturated heterocycles. The molecule has 2 aromatic rings. The van der Waals surface area contributed by atoms with Crippen molar-refractivity contribution in [1.82, 2.24) is 9.97 Å². The van der Waals surface area contributed by atoms with Gasteiger partial charge in [0.25, 0.3) is 0 Å². The van der Waals surface area contributed by atoms with Crippen molar-refractivity contribution in [2.24, 2.45) is 0 Å². The molecule has 0 aliphatic rings. The molecule has 0 radical (unpaired) electrons. The summed E-state index contributed by atoms with van der Waals surface area (Å²) >= 11 is 0. The zero-order valence-electron chi connectivity index (χ0n) is 8.64. The smallest absolute Gasteiger partial charge is 0.437 e. The summed E-state index contributed by atoms with van der Waals surface area (Å²) < 4.78 is 9.39. The van der Waals surface area contributed by atoms with E-state index in [1.54, 1.807) is 30.7 Å². The molecular weight excluding hydrogens is 208 g/mol. The first-order valence-electron chi connectivity index (χ1n) is 4.65. The average molecular weight is 218 g/mol. The van der Waals surface area contributed by atoms with E-state index in [-0.39, 0.29) is 0 Å². The van der Waals surface area contributed by atoms with Gasteiger partial charge in [-0.25, -0.2) is 4.79 Å². The van der Waals surface area contributed by atoms with E-state index in [0.717, 1.165) is 5.56 Å². The Labute approximate surface area is 92.0 Å². The topological polar surface area (TPSA) is 64.2 Å². The third-order valence-electron chi connectivity index (χ3n) is 2.02. The average Bonchev–Trinajstić information content (AvgIpc) is 2.78. The van der Waals surface area contributed by atoms with Crippen LogP contribution in [0.4, 0.5) is 4.79 Å². The van der Waals surface area contributed by atoms with E-state index in [0.29, 0.717) is 11.4 Å². The minimum atomic E-state index is -0.746. The van der Waals surface area contributed by atoms with Crippen molar-refractivity contribution in [3.05, 3.63) is 36.8 Å². The van der Waals surface area contributed by atoms with E-state index in [1.807, 2.05) is 6.07 Å². The number of carbonyl (C=O) groups excluding carboxylic acids is 1. The lowest BCUT2D eigenvalue weighted by Gasteiger charge is -2.03. The van der Waals surface area contributed by atoms with E-state index < -0.39 is 6.16 Å². The lowest BCUT2D eigenvalue weighted by molar-refractivity contribution is 0.121. The Morgan fingerprint density at radius 1 is 1.44 bits per heavy atom. The number of ether oxygens (including phenoxy) is 2. The van der Waals surface area contributed by atoms with Crippen molar-refractivity contribution >= 4 is 6.16 Å². The maximum absolute atomic E-state index is 11.0. The highest BCUT2D eigenvalue weighted by atomic mass is 16.7. The molecule has 2 aromatic heterocycles. The minimum Gasteiger partial charge on any atom is -0.437 e. The van der Waals surface area contributed by atoms with Gasteiger partial charge in [0, 0.05) is 24.2 Å². The summed E-state index contributed by atoms with van der Waals surface area (Å²) in [5.41, 5.74) is 1.53. The molecule has 0 bridgehead atoms. The molecule has 2 heterocycles. The molecular formula is C11H10N2O3. The van der Waals surface area contributed by atoms with Gasteiger partial charge in [0.15, 0.2) is 5.75 Å². The van der Waals surface area contributed by atoms with Gasteiger partial charge in [-0.05, 0) is 18.2 Å². The number of methoxy groups -OCH3 is 1. The highest BCUT2D eigenvalue weighted by Crippen LogP contribution is 2.27. The number of nitrogens with zero attached hydrogens (tertiary/aromatic N) is 1. The number of hydrogen-bond acceptors (Lipinski definition) is 4. The Morgan fingerprint density at radius 3 is 3.00 bits per heavy atom. The molecule has 16 heavy (non-hydrogen) atoms. The molecule has 0 aliphatic heterocycles. The van der Waals surface area contributed by atoms with E-state index >= 15 is 0 Å². The second-order valence-electron chi connectivity index (χ2n) is 3.01. The maximum atomic E-state index is 11.0. The van der Waals surface area contributed by atoms with E-state index in [2.05, 4.69) is 14.7 Å². The molecule has 0 atom stereocenters. The molecule has 0 fully saturated rings. The van der Waals surface area contributed by atoms with Crippen LogP contribution in [0.15, 0.2) is 36.8 Å². The number of pyridine rings is 1. The Kier molecular flexibility index (Phi) is 2.86. The summed E-state index contributed by atoms with van der Waals surface area (Å²) in [5, 5.41) is 0. The van der Waals surface area contributed by atoms with Crippen LogP contribution < -0.4 is 4.74 Å². The second kappa shape index (κ2) is 4.48. The molecule has 0 unspecified atom stereocenters. The largest absolute Gasteiger partial charge is 0.513 e. The fraction of sp³-hybridized carbons (Fsp3) is 0.0909. The van der Waals surface area contributed by atoms with Gasteiger partial charge < -0.3 is 14.5 Å². The number of aromatic amines is 1. The van der Waals surface area contributed by atoms with Crippen LogP contribution >= 0.6 is 0 Å². The zero-order valence-corrected chi connectivity index (χ0v) is 8.64. The standard InChI is InChI=1S/C11H10N2O3/c1-15-11(14)16-9-4-6-13-10(9)8-3-2-5-12-7-8/h2-7,13H,1H3. The zero-order chi connectivity index (χ0) is 11.4. The van der Waals surface area contributed by atoms with Crippen molar-refractivity contribution in [2.75, 3.05) is 7.11 Å². The van der Waals surface area contributed by atoms with Crippen molar-refractivity contribution in [3.8, 4) is 17.0 Å². The summed E-state index contributed by atoms with van der Waals surface area (Å²) in [5.74, 6) is 0.417. The predicted octanol–water partition coefficient (Wildman–Crippen LogP) is 2.22. The highest BCUT2D eigenvalue weighted by molar-refractivity contribution is 5.71. The Hall–Kier alpha value is -2.30. The van der Waals surface area contributed by atoms with Gasteiger partial charge >= 0.3 is 6.16 Å². The summed E-state index contributed by atoms with van der Waals surface area (Å²) in [7, 11) is 1.26. The van der Waals surface area contributed by atoms with E-state index in [9.17, 15) is 4.79 Å². The van der Waals surface area contributed by atoms with Gasteiger partial charge in [-0.2, -0.15) is 0 Å². The molecule has 1 N–H and O–H groups in total. The Bertz CT molecular complexity index is 479. The van der Waals surface area contributed by atoms with Gasteiger partial charge in [-0.15, -0.1) is 0 Å². The molecule has 0 saturated carbocycles. The van der Waals surface area contributed by atoms with E-state index in [4.69, 9.17) is 4.74 Å². The molecule has 5 heteroatoms. The summed E-state index contributed by atoms with van der Waals surface area (Å²) in [6, 6.07) is 5.32. The van der Waals surface area contributed by atoms with Crippen LogP contribution in [0.1, 0.15) is 0 Å². The molecule has 0 aromatic carbocycles. The van der Waals surface area contributed by atoms with E-state index in [1.165, 1.54) is 7.11 Å². The highest BCUT2D eigenvalue weighted by Gasteiger charge is 2.11. The van der Waals surface area contributed by atoms with Crippen LogP contribution in [-0.4, -0.2) is 23.2 Å². The summed E-state index contributed by atoms with van der Waals surface area (Å²) in [6.45, 7) is 0. The first-order chi connectivity index (χ1) is 7.81. The number of hydrogen-bond donors (Lipinski definition) is 1. The van der Waals surface area contributed by atoms with Crippen molar-refractivity contribution < 1.29 is 14.3 Å². The van der Waals surface area contributed by atoms with Crippen LogP contribution in [0.25, 0.3) is 11.3 Å². The molecule has 0 amide bonds. The molecule has 5 nitrogen and oxygen atoms in total. The Morgan fingerprint density at radius 2 is 2.31 bits per heavy atom. The van der Waals surface area contributed by atoms with Gasteiger partial charge in [-0.1, -0.05) is 0 Å². The third kappa shape index (κ3) is 2.03. The summed E-state index contributed by atoms with van der Waals surface area (Å²) in [4.78, 5) is 18.0. The summed E-state index contributed by atoms with van der Waals surface area (Å²) in [6.07, 6.45) is 4.29. The van der Waals surface area contributed by atoms with Crippen molar-refractivity contribution in [2.45, 2.75) is 0 Å². The van der Waals surface area contributed by atoms with Gasteiger partial charge in [-0.3, -0.25) is 4.98 Å². The van der Waals surface area contributed by atoms with Gasteiger partial charge in [0.2, 0.25) is 0 Å². The number of H-pyrrole nitrogens is 1. The molecule has 82 valence electrons. The van der Waals surface area contributed by atoms with Crippen LogP contribution in [0.2, 0.25) is 0 Å². The Balaban J connectivity index is 2.29. The van der Waals surface area contributed by atoms with Crippen molar-refractivity contribution in [1.29, 1.82) is 0 Å². The lowest BCUT2D eigenvalue weighted by Crippen LogP contribution is -2.07. The fourth-order valence-corrected chi connectivity index (χ4v) is 1.31. The van der Waals surface area contributed by atoms with Crippen LogP contribution in [0.3, 0.4) is 0 Å². The predicted molar refractivity (Wildman–Crippen MR) is 57.1 cm³/mol. The van der Waals surface area contributed by atoms with Crippen LogP contribution in [0, 0.1) is 0 Å². The van der Waals surface area contributed by atoms with Gasteiger partial charge in [0.1, 0.15) is 0 Å². The number of aromatic nitrogens is 2. The molecule has 2 rings (SSSR count). The normalized spacial score (nSPS) is 9.81. The monoisotopic (exact) mass is 218 g/mol. The number of nitrogens with one attached hydrogen (secondary N) is 1. The van der Waals surface area contributed by atoms with Crippen molar-refractivity contribution in [3.63, 3.8) is 0 Å². The molecule has 0 aliphatic carbocycles. The first-order valence-corrected chi connectivity index (χ1v) is 4.65. The van der Waals surface area contributed by atoms with Crippen LogP contribution in [0.5, 0.6) is 5.75 Å². The quantitative estimate of drug-likeness (QED) is 0.785. The number of rotatable bonds is 2. The maximum Gasteiger partial charge on any atom is 0.513 e. The number of carbonyl (C=O) groups is 1. The first kappa shape index (κ1) is 10.2. The minimum absolute atomic E-state index is 0.417. The van der Waals surface area contributed by atoms with Crippen LogP contribution in [-0.2, 0) is 4.74 Å². The van der Waals surface area contributed by atoms with Gasteiger partial charge in [0.05, 0.1) is 12.8 Å². The fourth-order valence-electron chi connectivity index (χ4n) is 1.31. The third-order valence-corrected chi connectivity index (χ3v) is 2.02. The SMILES string of the molecule is COC(=O)Oc1cc[nH]c1-c1cccnc1. The lowest BCUT2D eigenvalue weighted by atomic mass is 10.2.